The van der Waals surface area contributed by atoms with Crippen molar-refractivity contribution < 1.29 is 4.74 Å². The Labute approximate surface area is 170 Å². The highest BCUT2D eigenvalue weighted by Crippen LogP contribution is 2.42. The maximum absolute atomic E-state index is 6.47. The maximum Gasteiger partial charge on any atom is 0.137 e. The smallest absolute Gasteiger partial charge is 0.137 e. The number of unbranched alkanes of at least 4 members (excludes halogenated alkanes) is 1. The van der Waals surface area contributed by atoms with Crippen LogP contribution < -0.4 is 4.74 Å². The van der Waals surface area contributed by atoms with E-state index in [1.165, 1.54) is 42.4 Å². The van der Waals surface area contributed by atoms with Crippen LogP contribution in [0.4, 0.5) is 0 Å². The molecule has 0 radical (unpaired) electrons. The average Bonchev–Trinajstić information content (AvgIpc) is 2.69. The number of hydrogen-bond donors (Lipinski definition) is 0. The molecule has 2 aromatic carbocycles. The number of halogens is 1. The zero-order chi connectivity index (χ0) is 19.2. The minimum atomic E-state index is 0.605. The average molecular weight is 385 g/mol. The molecule has 3 rings (SSSR count). The molecular weight excluding hydrogens is 352 g/mol. The van der Waals surface area contributed by atoms with E-state index in [0.717, 1.165) is 30.2 Å². The van der Waals surface area contributed by atoms with Crippen molar-refractivity contribution >= 4 is 11.6 Å². The molecule has 0 bridgehead atoms. The highest BCUT2D eigenvalue weighted by atomic mass is 35.5. The van der Waals surface area contributed by atoms with E-state index in [9.17, 15) is 0 Å². The van der Waals surface area contributed by atoms with Gasteiger partial charge in [-0.1, -0.05) is 69.1 Å². The summed E-state index contributed by atoms with van der Waals surface area (Å²) in [4.78, 5) is 0. The molecule has 2 aromatic rings. The topological polar surface area (TPSA) is 9.23 Å². The van der Waals surface area contributed by atoms with Gasteiger partial charge in [-0.25, -0.2) is 0 Å². The number of hydrogen-bond acceptors (Lipinski definition) is 1. The molecule has 1 aliphatic carbocycles. The Hall–Kier alpha value is -1.47. The van der Waals surface area contributed by atoms with Gasteiger partial charge in [-0.3, -0.25) is 0 Å². The first-order valence-electron chi connectivity index (χ1n) is 10.6. The predicted octanol–water partition coefficient (Wildman–Crippen LogP) is 8.08. The third kappa shape index (κ3) is 5.29. The highest BCUT2D eigenvalue weighted by molar-refractivity contribution is 6.32. The molecule has 1 nitrogen and oxygen atoms in total. The van der Waals surface area contributed by atoms with Crippen molar-refractivity contribution in [2.24, 2.45) is 0 Å². The summed E-state index contributed by atoms with van der Waals surface area (Å²) >= 11 is 6.47. The van der Waals surface area contributed by atoms with Gasteiger partial charge in [-0.2, -0.15) is 0 Å². The van der Waals surface area contributed by atoms with Crippen molar-refractivity contribution in [1.29, 1.82) is 0 Å². The molecule has 27 heavy (non-hydrogen) atoms. The maximum atomic E-state index is 6.47. The predicted molar refractivity (Wildman–Crippen MR) is 116 cm³/mol. The number of benzene rings is 2. The van der Waals surface area contributed by atoms with Crippen molar-refractivity contribution in [2.75, 3.05) is 6.61 Å². The first-order chi connectivity index (χ1) is 13.1. The Morgan fingerprint density at radius 2 is 1.52 bits per heavy atom. The Morgan fingerprint density at radius 3 is 2.07 bits per heavy atom. The third-order valence-electron chi connectivity index (χ3n) is 5.98. The molecule has 0 unspecified atom stereocenters. The molecule has 1 saturated carbocycles. The standard InChI is InChI=1S/C25H33ClO/c1-4-5-16-27-25-15-14-23(17-24(25)26)22-12-10-21(11-13-22)20-8-6-19(7-9-20)18(2)3/h6-9,14-15,17-18,21-22H,4-5,10-13,16H2,1-3H3. The van der Waals surface area contributed by atoms with Gasteiger partial charge in [-0.05, 0) is 78.7 Å². The van der Waals surface area contributed by atoms with Crippen molar-refractivity contribution in [2.45, 2.75) is 77.0 Å². The lowest BCUT2D eigenvalue weighted by Gasteiger charge is -2.29. The summed E-state index contributed by atoms with van der Waals surface area (Å²) in [5.74, 6) is 2.76. The van der Waals surface area contributed by atoms with Gasteiger partial charge >= 0.3 is 0 Å². The highest BCUT2D eigenvalue weighted by Gasteiger charge is 2.24. The molecule has 0 aromatic heterocycles. The van der Waals surface area contributed by atoms with Crippen molar-refractivity contribution in [1.82, 2.24) is 0 Å². The molecule has 0 N–H and O–H groups in total. The van der Waals surface area contributed by atoms with E-state index < -0.39 is 0 Å². The third-order valence-corrected chi connectivity index (χ3v) is 6.28. The normalized spacial score (nSPS) is 20.0. The zero-order valence-electron chi connectivity index (χ0n) is 17.0. The van der Waals surface area contributed by atoms with Crippen LogP contribution in [0, 0.1) is 0 Å². The van der Waals surface area contributed by atoms with Crippen LogP contribution in [0.3, 0.4) is 0 Å². The summed E-state index contributed by atoms with van der Waals surface area (Å²) in [6.45, 7) is 7.43. The largest absolute Gasteiger partial charge is 0.492 e. The number of ether oxygens (including phenoxy) is 1. The Balaban J connectivity index is 1.57. The fourth-order valence-electron chi connectivity index (χ4n) is 4.13. The minimum absolute atomic E-state index is 0.605. The molecule has 0 aliphatic heterocycles. The summed E-state index contributed by atoms with van der Waals surface area (Å²) in [7, 11) is 0. The molecule has 0 heterocycles. The fourth-order valence-corrected chi connectivity index (χ4v) is 4.37. The van der Waals surface area contributed by atoms with E-state index in [1.54, 1.807) is 0 Å². The van der Waals surface area contributed by atoms with E-state index in [0.29, 0.717) is 17.8 Å². The molecule has 146 valence electrons. The lowest BCUT2D eigenvalue weighted by atomic mass is 9.76. The van der Waals surface area contributed by atoms with Gasteiger partial charge < -0.3 is 4.74 Å². The van der Waals surface area contributed by atoms with Crippen molar-refractivity contribution in [3.05, 3.63) is 64.2 Å². The molecule has 2 heteroatoms. The molecule has 0 amide bonds. The summed E-state index contributed by atoms with van der Waals surface area (Å²) < 4.78 is 5.79. The van der Waals surface area contributed by atoms with Crippen LogP contribution in [-0.4, -0.2) is 6.61 Å². The van der Waals surface area contributed by atoms with Crippen LogP contribution in [0.2, 0.25) is 5.02 Å². The summed E-state index contributed by atoms with van der Waals surface area (Å²) in [6.07, 6.45) is 7.21. The number of rotatable bonds is 7. The van der Waals surface area contributed by atoms with Gasteiger partial charge in [0.05, 0.1) is 11.6 Å². The van der Waals surface area contributed by atoms with Crippen LogP contribution in [-0.2, 0) is 0 Å². The lowest BCUT2D eigenvalue weighted by molar-refractivity contribution is 0.309. The van der Waals surface area contributed by atoms with Crippen LogP contribution >= 0.6 is 11.6 Å². The van der Waals surface area contributed by atoms with Crippen LogP contribution in [0.1, 0.15) is 93.7 Å². The summed E-state index contributed by atoms with van der Waals surface area (Å²) in [5.41, 5.74) is 4.32. The van der Waals surface area contributed by atoms with E-state index in [1.807, 2.05) is 0 Å². The SMILES string of the molecule is CCCCOc1ccc(C2CCC(c3ccc(C(C)C)cc3)CC2)cc1Cl. The van der Waals surface area contributed by atoms with Gasteiger partial charge in [0.15, 0.2) is 0 Å². The first kappa shape index (κ1) is 20.3. The second-order valence-corrected chi connectivity index (χ2v) is 8.67. The lowest BCUT2D eigenvalue weighted by Crippen LogP contribution is -2.12. The molecular formula is C25H33ClO. The van der Waals surface area contributed by atoms with E-state index >= 15 is 0 Å². The van der Waals surface area contributed by atoms with Crippen LogP contribution in [0.15, 0.2) is 42.5 Å². The fraction of sp³-hybridized carbons (Fsp3) is 0.520. The van der Waals surface area contributed by atoms with Crippen LogP contribution in [0.25, 0.3) is 0 Å². The monoisotopic (exact) mass is 384 g/mol. The van der Waals surface area contributed by atoms with E-state index in [2.05, 4.69) is 63.2 Å². The van der Waals surface area contributed by atoms with Crippen LogP contribution in [0.5, 0.6) is 5.75 Å². The van der Waals surface area contributed by atoms with Crippen molar-refractivity contribution in [3.63, 3.8) is 0 Å². The molecule has 0 atom stereocenters. The first-order valence-corrected chi connectivity index (χ1v) is 11.0. The molecule has 0 spiro atoms. The van der Waals surface area contributed by atoms with Gasteiger partial charge in [-0.15, -0.1) is 0 Å². The molecule has 1 aliphatic rings. The van der Waals surface area contributed by atoms with Gasteiger partial charge in [0.2, 0.25) is 0 Å². The van der Waals surface area contributed by atoms with E-state index in [4.69, 9.17) is 16.3 Å². The second kappa shape index (κ2) is 9.64. The van der Waals surface area contributed by atoms with Crippen molar-refractivity contribution in [3.8, 4) is 5.75 Å². The minimum Gasteiger partial charge on any atom is -0.492 e. The Bertz CT molecular complexity index is 712. The van der Waals surface area contributed by atoms with E-state index in [-0.39, 0.29) is 0 Å². The quantitative estimate of drug-likeness (QED) is 0.438. The summed E-state index contributed by atoms with van der Waals surface area (Å²) in [5, 5.41) is 0.759. The second-order valence-electron chi connectivity index (χ2n) is 8.26. The molecule has 1 fully saturated rings. The molecule has 0 saturated heterocycles. The Kier molecular flexibility index (Phi) is 7.24. The summed E-state index contributed by atoms with van der Waals surface area (Å²) in [6, 6.07) is 15.7. The van der Waals surface area contributed by atoms with Gasteiger partial charge in [0.25, 0.3) is 0 Å². The van der Waals surface area contributed by atoms with Gasteiger partial charge in [0, 0.05) is 0 Å². The Morgan fingerprint density at radius 1 is 0.926 bits per heavy atom. The van der Waals surface area contributed by atoms with Gasteiger partial charge in [0.1, 0.15) is 5.75 Å². The zero-order valence-corrected chi connectivity index (χ0v) is 17.8.